The summed E-state index contributed by atoms with van der Waals surface area (Å²) >= 11 is 0. The summed E-state index contributed by atoms with van der Waals surface area (Å²) in [6.07, 6.45) is 3.37. The molecule has 140 valence electrons. The first-order valence-electron chi connectivity index (χ1n) is 9.04. The molecule has 3 rings (SSSR count). The SMILES string of the molecule is COc1cc2occ(-c3ccc(C)cc3)c2cc1/C(C)=C/C(=O)NC(C)C. The fourth-order valence-corrected chi connectivity index (χ4v) is 3.09. The molecule has 0 aliphatic rings. The molecule has 0 saturated carbocycles. The topological polar surface area (TPSA) is 51.5 Å². The number of amides is 1. The van der Waals surface area contributed by atoms with Crippen molar-refractivity contribution in [2.24, 2.45) is 0 Å². The van der Waals surface area contributed by atoms with E-state index >= 15 is 0 Å². The van der Waals surface area contributed by atoms with Crippen molar-refractivity contribution in [1.29, 1.82) is 0 Å². The lowest BCUT2D eigenvalue weighted by Gasteiger charge is -2.11. The molecule has 1 N–H and O–H groups in total. The summed E-state index contributed by atoms with van der Waals surface area (Å²) in [6, 6.07) is 12.3. The van der Waals surface area contributed by atoms with E-state index in [1.165, 1.54) is 5.56 Å². The molecule has 0 fully saturated rings. The molecular formula is C23H25NO3. The van der Waals surface area contributed by atoms with Gasteiger partial charge in [-0.2, -0.15) is 0 Å². The number of benzene rings is 2. The van der Waals surface area contributed by atoms with Crippen LogP contribution in [0.1, 0.15) is 31.9 Å². The largest absolute Gasteiger partial charge is 0.496 e. The Morgan fingerprint density at radius 2 is 1.89 bits per heavy atom. The molecule has 0 radical (unpaired) electrons. The van der Waals surface area contributed by atoms with Crippen molar-refractivity contribution in [2.75, 3.05) is 7.11 Å². The van der Waals surface area contributed by atoms with Gasteiger partial charge in [0, 0.05) is 34.7 Å². The number of allylic oxidation sites excluding steroid dienone is 1. The lowest BCUT2D eigenvalue weighted by molar-refractivity contribution is -0.116. The molecule has 0 aliphatic carbocycles. The fraction of sp³-hybridized carbons (Fsp3) is 0.261. The lowest BCUT2D eigenvalue weighted by atomic mass is 9.99. The molecule has 1 amide bonds. The predicted molar refractivity (Wildman–Crippen MR) is 110 cm³/mol. The van der Waals surface area contributed by atoms with Crippen LogP contribution in [-0.2, 0) is 4.79 Å². The van der Waals surface area contributed by atoms with Crippen molar-refractivity contribution in [3.05, 3.63) is 59.9 Å². The first kappa shape index (κ1) is 18.8. The first-order valence-corrected chi connectivity index (χ1v) is 9.04. The van der Waals surface area contributed by atoms with Crippen molar-refractivity contribution in [1.82, 2.24) is 5.32 Å². The van der Waals surface area contributed by atoms with Crippen LogP contribution in [-0.4, -0.2) is 19.1 Å². The number of nitrogens with one attached hydrogen (secondary N) is 1. The first-order chi connectivity index (χ1) is 12.9. The molecule has 1 aromatic heterocycles. The van der Waals surface area contributed by atoms with E-state index in [2.05, 4.69) is 36.5 Å². The van der Waals surface area contributed by atoms with Gasteiger partial charge in [0.15, 0.2) is 0 Å². The average Bonchev–Trinajstić information content (AvgIpc) is 3.03. The van der Waals surface area contributed by atoms with Gasteiger partial charge in [0.05, 0.1) is 13.4 Å². The highest BCUT2D eigenvalue weighted by Crippen LogP contribution is 2.37. The van der Waals surface area contributed by atoms with E-state index in [1.807, 2.05) is 32.9 Å². The number of rotatable bonds is 5. The van der Waals surface area contributed by atoms with Crippen LogP contribution in [0.5, 0.6) is 5.75 Å². The number of ether oxygens (including phenoxy) is 1. The Morgan fingerprint density at radius 1 is 1.19 bits per heavy atom. The Bertz CT molecular complexity index is 994. The molecule has 2 aromatic carbocycles. The zero-order valence-electron chi connectivity index (χ0n) is 16.4. The van der Waals surface area contributed by atoms with Gasteiger partial charge in [-0.15, -0.1) is 0 Å². The van der Waals surface area contributed by atoms with Crippen molar-refractivity contribution in [2.45, 2.75) is 33.7 Å². The van der Waals surface area contributed by atoms with Crippen LogP contribution >= 0.6 is 0 Å². The Morgan fingerprint density at radius 3 is 2.52 bits per heavy atom. The smallest absolute Gasteiger partial charge is 0.244 e. The van der Waals surface area contributed by atoms with Gasteiger partial charge in [-0.05, 0) is 44.9 Å². The minimum Gasteiger partial charge on any atom is -0.496 e. The van der Waals surface area contributed by atoms with Crippen LogP contribution < -0.4 is 10.1 Å². The quantitative estimate of drug-likeness (QED) is 0.622. The molecule has 27 heavy (non-hydrogen) atoms. The summed E-state index contributed by atoms with van der Waals surface area (Å²) in [6.45, 7) is 7.85. The monoisotopic (exact) mass is 363 g/mol. The second-order valence-corrected chi connectivity index (χ2v) is 7.05. The maximum Gasteiger partial charge on any atom is 0.244 e. The highest BCUT2D eigenvalue weighted by atomic mass is 16.5. The molecule has 4 heteroatoms. The number of furan rings is 1. The number of methoxy groups -OCH3 is 1. The van der Waals surface area contributed by atoms with Crippen LogP contribution in [0.15, 0.2) is 53.2 Å². The molecule has 0 saturated heterocycles. The molecule has 0 aliphatic heterocycles. The molecule has 0 bridgehead atoms. The Kier molecular flexibility index (Phi) is 5.36. The molecule has 3 aromatic rings. The van der Waals surface area contributed by atoms with Crippen LogP contribution in [0.3, 0.4) is 0 Å². The summed E-state index contributed by atoms with van der Waals surface area (Å²) in [7, 11) is 1.62. The Balaban J connectivity index is 2.09. The molecule has 1 heterocycles. The van der Waals surface area contributed by atoms with Crippen molar-refractivity contribution < 1.29 is 13.9 Å². The zero-order valence-corrected chi connectivity index (χ0v) is 16.4. The third-order valence-corrected chi connectivity index (χ3v) is 4.46. The Labute approximate surface area is 159 Å². The number of fused-ring (bicyclic) bond motifs is 1. The van der Waals surface area contributed by atoms with Gasteiger partial charge in [-0.25, -0.2) is 0 Å². The lowest BCUT2D eigenvalue weighted by Crippen LogP contribution is -2.28. The summed E-state index contributed by atoms with van der Waals surface area (Å²) in [4.78, 5) is 12.1. The second-order valence-electron chi connectivity index (χ2n) is 7.05. The predicted octanol–water partition coefficient (Wildman–Crippen LogP) is 5.34. The number of carbonyl (C=O) groups excluding carboxylic acids is 1. The van der Waals surface area contributed by atoms with E-state index in [4.69, 9.17) is 9.15 Å². The highest BCUT2D eigenvalue weighted by molar-refractivity contribution is 6.00. The zero-order chi connectivity index (χ0) is 19.6. The molecule has 4 nitrogen and oxygen atoms in total. The Hall–Kier alpha value is -3.01. The number of hydrogen-bond donors (Lipinski definition) is 1. The maximum absolute atomic E-state index is 12.1. The van der Waals surface area contributed by atoms with Gasteiger partial charge in [0.25, 0.3) is 0 Å². The van der Waals surface area contributed by atoms with Crippen LogP contribution in [0.25, 0.3) is 27.7 Å². The van der Waals surface area contributed by atoms with E-state index < -0.39 is 0 Å². The van der Waals surface area contributed by atoms with Crippen LogP contribution in [0.2, 0.25) is 0 Å². The summed E-state index contributed by atoms with van der Waals surface area (Å²) < 4.78 is 11.3. The normalized spacial score (nSPS) is 11.9. The van der Waals surface area contributed by atoms with E-state index in [9.17, 15) is 4.79 Å². The maximum atomic E-state index is 12.1. The van der Waals surface area contributed by atoms with Crippen LogP contribution in [0, 0.1) is 6.92 Å². The van der Waals surface area contributed by atoms with Gasteiger partial charge in [0.1, 0.15) is 11.3 Å². The summed E-state index contributed by atoms with van der Waals surface area (Å²) in [5.74, 6) is 0.564. The van der Waals surface area contributed by atoms with Gasteiger partial charge in [-0.1, -0.05) is 29.8 Å². The van der Waals surface area contributed by atoms with Crippen molar-refractivity contribution in [3.63, 3.8) is 0 Å². The van der Waals surface area contributed by atoms with E-state index in [0.717, 1.165) is 33.2 Å². The van der Waals surface area contributed by atoms with E-state index in [0.29, 0.717) is 5.75 Å². The standard InChI is InChI=1S/C23H25NO3/c1-14(2)24-23(25)10-16(4)18-11-19-20(17-8-6-15(3)7-9-17)13-27-22(19)12-21(18)26-5/h6-14H,1-5H3,(H,24,25)/b16-10+. The third kappa shape index (κ3) is 4.05. The number of aryl methyl sites for hydroxylation is 1. The van der Waals surface area contributed by atoms with Gasteiger partial charge in [-0.3, -0.25) is 4.79 Å². The molecule has 0 atom stereocenters. The summed E-state index contributed by atoms with van der Waals surface area (Å²) in [5, 5.41) is 3.87. The van der Waals surface area contributed by atoms with Crippen molar-refractivity contribution in [3.8, 4) is 16.9 Å². The summed E-state index contributed by atoms with van der Waals surface area (Å²) in [5.41, 5.74) is 5.79. The van der Waals surface area contributed by atoms with E-state index in [1.54, 1.807) is 19.4 Å². The minimum atomic E-state index is -0.115. The average molecular weight is 363 g/mol. The molecule has 0 spiro atoms. The minimum absolute atomic E-state index is 0.0907. The number of carbonyl (C=O) groups is 1. The number of hydrogen-bond acceptors (Lipinski definition) is 3. The van der Waals surface area contributed by atoms with Crippen molar-refractivity contribution >= 4 is 22.4 Å². The molecular weight excluding hydrogens is 338 g/mol. The van der Waals surface area contributed by atoms with Crippen LogP contribution in [0.4, 0.5) is 0 Å². The third-order valence-electron chi connectivity index (χ3n) is 4.46. The van der Waals surface area contributed by atoms with E-state index in [-0.39, 0.29) is 11.9 Å². The second kappa shape index (κ2) is 7.70. The van der Waals surface area contributed by atoms with Gasteiger partial charge < -0.3 is 14.5 Å². The highest BCUT2D eigenvalue weighted by Gasteiger charge is 2.15. The van der Waals surface area contributed by atoms with Gasteiger partial charge in [0.2, 0.25) is 5.91 Å². The van der Waals surface area contributed by atoms with Gasteiger partial charge >= 0.3 is 0 Å². The molecule has 0 unspecified atom stereocenters. The fourth-order valence-electron chi connectivity index (χ4n) is 3.09.